The zero-order valence-electron chi connectivity index (χ0n) is 14.4. The fraction of sp³-hybridized carbons (Fsp3) is 0.353. The molecule has 1 heterocycles. The van der Waals surface area contributed by atoms with Gasteiger partial charge in [-0.2, -0.15) is 0 Å². The van der Waals surface area contributed by atoms with Crippen LogP contribution in [0.5, 0.6) is 5.75 Å². The summed E-state index contributed by atoms with van der Waals surface area (Å²) in [6.07, 6.45) is -0.825. The molecule has 0 spiro atoms. The van der Waals surface area contributed by atoms with Crippen molar-refractivity contribution < 1.29 is 33.3 Å². The molecule has 0 saturated carbocycles. The van der Waals surface area contributed by atoms with Crippen molar-refractivity contribution in [2.45, 2.75) is 26.4 Å². The maximum atomic E-state index is 12.8. The number of nitrogens with one attached hydrogen (secondary N) is 1. The van der Waals surface area contributed by atoms with E-state index >= 15 is 0 Å². The number of Topliss-reactive ketones (excluding diaryl/α,β-unsaturated/α-hetero) is 1. The van der Waals surface area contributed by atoms with Gasteiger partial charge in [-0.3, -0.25) is 14.9 Å². The molecule has 2 rings (SSSR count). The summed E-state index contributed by atoms with van der Waals surface area (Å²) < 4.78 is 20.5. The lowest BCUT2D eigenvalue weighted by Gasteiger charge is -2.23. The van der Waals surface area contributed by atoms with Crippen molar-refractivity contribution in [3.05, 3.63) is 41.5 Å². The monoisotopic (exact) mass is 349 g/mol. The van der Waals surface area contributed by atoms with E-state index in [9.17, 15) is 14.4 Å². The second kappa shape index (κ2) is 7.25. The highest BCUT2D eigenvalue weighted by molar-refractivity contribution is 6.04. The summed E-state index contributed by atoms with van der Waals surface area (Å²) in [5.74, 6) is -1.35. The van der Waals surface area contributed by atoms with Crippen LogP contribution in [-0.2, 0) is 29.4 Å². The van der Waals surface area contributed by atoms with Crippen molar-refractivity contribution in [1.82, 2.24) is 5.32 Å². The molecule has 1 atom stereocenters. The Kier molecular flexibility index (Phi) is 5.31. The number of rotatable bonds is 5. The molecule has 0 saturated heterocycles. The minimum Gasteiger partial charge on any atom is -0.497 e. The van der Waals surface area contributed by atoms with Crippen molar-refractivity contribution in [3.63, 3.8) is 0 Å². The summed E-state index contributed by atoms with van der Waals surface area (Å²) in [7, 11) is 1.52. The Balaban J connectivity index is 2.35. The Hall–Kier alpha value is -3.03. The molecule has 0 bridgehead atoms. The van der Waals surface area contributed by atoms with Crippen LogP contribution in [0.15, 0.2) is 35.9 Å². The smallest absolute Gasteiger partial charge is 0.414 e. The summed E-state index contributed by atoms with van der Waals surface area (Å²) in [6.45, 7) is 4.42. The normalized spacial score (nSPS) is 19.3. The summed E-state index contributed by atoms with van der Waals surface area (Å²) >= 11 is 0. The number of carbonyl (C=O) groups is 3. The maximum absolute atomic E-state index is 12.8. The molecule has 1 aromatic carbocycles. The highest BCUT2D eigenvalue weighted by Crippen LogP contribution is 2.38. The quantitative estimate of drug-likeness (QED) is 0.811. The number of carbonyl (C=O) groups excluding carboxylic acids is 3. The lowest BCUT2D eigenvalue weighted by atomic mass is 9.91. The topological polar surface area (TPSA) is 100 Å². The average Bonchev–Trinajstić information content (AvgIpc) is 2.80. The zero-order valence-corrected chi connectivity index (χ0v) is 14.4. The third-order valence-electron chi connectivity index (χ3n) is 3.53. The van der Waals surface area contributed by atoms with Crippen LogP contribution >= 0.6 is 0 Å². The van der Waals surface area contributed by atoms with Gasteiger partial charge in [-0.1, -0.05) is 12.1 Å². The fourth-order valence-corrected chi connectivity index (χ4v) is 2.29. The van der Waals surface area contributed by atoms with Gasteiger partial charge in [0.1, 0.15) is 5.75 Å². The molecule has 1 unspecified atom stereocenters. The molecule has 1 aliphatic rings. The standard InChI is InChI=1S/C17H19NO7/c1-5-23-16(21)18-15-13(24-10(2)19)14(20)17(3,25-15)11-6-8-12(22-4)9-7-11/h6-9H,5H2,1-4H3,(H,18,21). The first-order valence-corrected chi connectivity index (χ1v) is 7.56. The number of ether oxygens (including phenoxy) is 4. The van der Waals surface area contributed by atoms with E-state index in [4.69, 9.17) is 18.9 Å². The molecular formula is C17H19NO7. The molecule has 1 aliphatic heterocycles. The van der Waals surface area contributed by atoms with E-state index in [1.807, 2.05) is 0 Å². The number of esters is 1. The van der Waals surface area contributed by atoms with Gasteiger partial charge >= 0.3 is 12.1 Å². The lowest BCUT2D eigenvalue weighted by Crippen LogP contribution is -2.32. The number of methoxy groups -OCH3 is 1. The van der Waals surface area contributed by atoms with E-state index in [1.165, 1.54) is 14.0 Å². The third-order valence-corrected chi connectivity index (χ3v) is 3.53. The van der Waals surface area contributed by atoms with E-state index in [1.54, 1.807) is 31.2 Å². The molecule has 0 fully saturated rings. The largest absolute Gasteiger partial charge is 0.497 e. The molecule has 1 aromatic rings. The van der Waals surface area contributed by atoms with Crippen LogP contribution < -0.4 is 10.1 Å². The van der Waals surface area contributed by atoms with Crippen molar-refractivity contribution >= 4 is 17.8 Å². The van der Waals surface area contributed by atoms with Gasteiger partial charge in [0.05, 0.1) is 13.7 Å². The Labute approximate surface area is 144 Å². The predicted molar refractivity (Wildman–Crippen MR) is 85.4 cm³/mol. The molecular weight excluding hydrogens is 330 g/mol. The van der Waals surface area contributed by atoms with Crippen LogP contribution in [0.3, 0.4) is 0 Å². The highest BCUT2D eigenvalue weighted by Gasteiger charge is 2.50. The average molecular weight is 349 g/mol. The third kappa shape index (κ3) is 3.73. The van der Waals surface area contributed by atoms with Gasteiger partial charge in [-0.25, -0.2) is 4.79 Å². The first-order chi connectivity index (χ1) is 11.8. The zero-order chi connectivity index (χ0) is 18.6. The Morgan fingerprint density at radius 1 is 1.24 bits per heavy atom. The van der Waals surface area contributed by atoms with Gasteiger partial charge in [0.2, 0.25) is 11.6 Å². The second-order valence-electron chi connectivity index (χ2n) is 5.29. The highest BCUT2D eigenvalue weighted by atomic mass is 16.6. The molecule has 0 aliphatic carbocycles. The van der Waals surface area contributed by atoms with Crippen LogP contribution in [0.1, 0.15) is 26.3 Å². The molecule has 0 aromatic heterocycles. The number of alkyl carbamates (subject to hydrolysis) is 1. The minimum absolute atomic E-state index is 0.131. The van der Waals surface area contributed by atoms with E-state index in [-0.39, 0.29) is 18.2 Å². The van der Waals surface area contributed by atoms with Gasteiger partial charge in [-0.05, 0) is 26.0 Å². The fourth-order valence-electron chi connectivity index (χ4n) is 2.29. The number of benzene rings is 1. The Morgan fingerprint density at radius 3 is 2.40 bits per heavy atom. The summed E-state index contributed by atoms with van der Waals surface area (Å²) in [4.78, 5) is 35.7. The van der Waals surface area contributed by atoms with Crippen molar-refractivity contribution in [3.8, 4) is 5.75 Å². The number of amides is 1. The molecule has 1 amide bonds. The van der Waals surface area contributed by atoms with Crippen molar-refractivity contribution in [2.24, 2.45) is 0 Å². The Morgan fingerprint density at radius 2 is 1.88 bits per heavy atom. The van der Waals surface area contributed by atoms with Crippen LogP contribution in [0, 0.1) is 0 Å². The minimum atomic E-state index is -1.47. The molecule has 1 N–H and O–H groups in total. The van der Waals surface area contributed by atoms with Gasteiger partial charge in [0.25, 0.3) is 5.78 Å². The predicted octanol–water partition coefficient (Wildman–Crippen LogP) is 1.99. The summed E-state index contributed by atoms with van der Waals surface area (Å²) in [5, 5.41) is 2.29. The van der Waals surface area contributed by atoms with Gasteiger partial charge in [-0.15, -0.1) is 0 Å². The molecule has 0 radical (unpaired) electrons. The number of hydrogen-bond donors (Lipinski definition) is 1. The second-order valence-corrected chi connectivity index (χ2v) is 5.29. The van der Waals surface area contributed by atoms with E-state index < -0.39 is 23.4 Å². The van der Waals surface area contributed by atoms with E-state index in [0.29, 0.717) is 11.3 Å². The van der Waals surface area contributed by atoms with Crippen molar-refractivity contribution in [1.29, 1.82) is 0 Å². The maximum Gasteiger partial charge on any atom is 0.414 e. The first-order valence-electron chi connectivity index (χ1n) is 7.56. The van der Waals surface area contributed by atoms with Crippen LogP contribution in [-0.4, -0.2) is 31.6 Å². The van der Waals surface area contributed by atoms with E-state index in [2.05, 4.69) is 5.32 Å². The Bertz CT molecular complexity index is 723. The number of ketones is 1. The molecule has 25 heavy (non-hydrogen) atoms. The van der Waals surface area contributed by atoms with Crippen LogP contribution in [0.4, 0.5) is 4.79 Å². The van der Waals surface area contributed by atoms with Crippen LogP contribution in [0.25, 0.3) is 0 Å². The number of hydrogen-bond acceptors (Lipinski definition) is 7. The summed E-state index contributed by atoms with van der Waals surface area (Å²) in [5.41, 5.74) is -0.963. The first kappa shape index (κ1) is 18.3. The SMILES string of the molecule is CCOC(=O)NC1=C(OC(C)=O)C(=O)C(C)(c2ccc(OC)cc2)O1. The molecule has 8 nitrogen and oxygen atoms in total. The van der Waals surface area contributed by atoms with Crippen molar-refractivity contribution in [2.75, 3.05) is 13.7 Å². The van der Waals surface area contributed by atoms with Gasteiger partial charge in [0.15, 0.2) is 5.60 Å². The molecule has 134 valence electrons. The van der Waals surface area contributed by atoms with Crippen LogP contribution in [0.2, 0.25) is 0 Å². The lowest BCUT2D eigenvalue weighted by molar-refractivity contribution is -0.142. The summed E-state index contributed by atoms with van der Waals surface area (Å²) in [6, 6.07) is 6.63. The van der Waals surface area contributed by atoms with E-state index in [0.717, 1.165) is 6.92 Å². The van der Waals surface area contributed by atoms with Gasteiger partial charge < -0.3 is 18.9 Å². The molecule has 8 heteroatoms. The van der Waals surface area contributed by atoms with Gasteiger partial charge in [0, 0.05) is 12.5 Å².